The van der Waals surface area contributed by atoms with Crippen LogP contribution >= 0.6 is 0 Å². The van der Waals surface area contributed by atoms with E-state index in [0.29, 0.717) is 36.6 Å². The molecule has 2 aromatic carbocycles. The Morgan fingerprint density at radius 2 is 1.97 bits per heavy atom. The second kappa shape index (κ2) is 9.68. The SMILES string of the molecule is CON(C)C(=O)c1ccc2c(c1)OCCN(C[C@H](O)CN1CCc3ccccc3C1)C2=O. The fourth-order valence-corrected chi connectivity index (χ4v) is 4.25. The average molecular weight is 440 g/mol. The Labute approximate surface area is 187 Å². The summed E-state index contributed by atoms with van der Waals surface area (Å²) in [6.45, 7) is 3.09. The lowest BCUT2D eigenvalue weighted by Gasteiger charge is -2.32. The Morgan fingerprint density at radius 1 is 1.19 bits per heavy atom. The standard InChI is InChI=1S/C24H29N3O5/c1-25(31-2)23(29)18-7-8-21-22(13-18)32-12-11-27(24(21)30)16-20(28)15-26-10-9-17-5-3-4-6-19(17)14-26/h3-8,13,20,28H,9-12,14-16H2,1-2H3/t20-/m1/s1. The molecule has 1 atom stereocenters. The third kappa shape index (κ3) is 4.77. The van der Waals surface area contributed by atoms with Crippen LogP contribution in [0.1, 0.15) is 31.8 Å². The van der Waals surface area contributed by atoms with Crippen LogP contribution < -0.4 is 4.74 Å². The van der Waals surface area contributed by atoms with Crippen molar-refractivity contribution in [3.63, 3.8) is 0 Å². The van der Waals surface area contributed by atoms with E-state index in [0.717, 1.165) is 24.6 Å². The number of carbonyl (C=O) groups is 2. The van der Waals surface area contributed by atoms with Gasteiger partial charge < -0.3 is 14.7 Å². The Bertz CT molecular complexity index is 995. The van der Waals surface area contributed by atoms with Crippen molar-refractivity contribution >= 4 is 11.8 Å². The molecule has 0 aliphatic carbocycles. The normalized spacial score (nSPS) is 17.1. The highest BCUT2D eigenvalue weighted by Gasteiger charge is 2.27. The number of fused-ring (bicyclic) bond motifs is 2. The van der Waals surface area contributed by atoms with Crippen molar-refractivity contribution < 1.29 is 24.3 Å². The molecule has 0 radical (unpaired) electrons. The molecule has 2 amide bonds. The molecular formula is C24H29N3O5. The highest BCUT2D eigenvalue weighted by Crippen LogP contribution is 2.26. The first kappa shape index (κ1) is 22.3. The minimum Gasteiger partial charge on any atom is -0.491 e. The van der Waals surface area contributed by atoms with Gasteiger partial charge in [0.05, 0.1) is 25.3 Å². The molecule has 0 saturated carbocycles. The molecule has 0 fully saturated rings. The first-order valence-corrected chi connectivity index (χ1v) is 10.8. The third-order valence-electron chi connectivity index (χ3n) is 6.03. The fraction of sp³-hybridized carbons (Fsp3) is 0.417. The highest BCUT2D eigenvalue weighted by molar-refractivity contribution is 6.00. The molecule has 0 bridgehead atoms. The predicted molar refractivity (Wildman–Crippen MR) is 118 cm³/mol. The summed E-state index contributed by atoms with van der Waals surface area (Å²) in [7, 11) is 2.93. The number of aliphatic hydroxyl groups excluding tert-OH is 1. The maximum atomic E-state index is 13.1. The van der Waals surface area contributed by atoms with E-state index in [2.05, 4.69) is 23.1 Å². The number of hydrogen-bond acceptors (Lipinski definition) is 6. The highest BCUT2D eigenvalue weighted by atomic mass is 16.7. The van der Waals surface area contributed by atoms with Crippen LogP contribution in [-0.4, -0.2) is 84.8 Å². The van der Waals surface area contributed by atoms with Crippen LogP contribution in [0, 0.1) is 0 Å². The smallest absolute Gasteiger partial charge is 0.277 e. The molecule has 2 aliphatic heterocycles. The molecule has 8 nitrogen and oxygen atoms in total. The van der Waals surface area contributed by atoms with Crippen molar-refractivity contribution in [2.24, 2.45) is 0 Å². The van der Waals surface area contributed by atoms with E-state index in [9.17, 15) is 14.7 Å². The number of carbonyl (C=O) groups excluding carboxylic acids is 2. The van der Waals surface area contributed by atoms with Gasteiger partial charge in [-0.25, -0.2) is 5.06 Å². The third-order valence-corrected chi connectivity index (χ3v) is 6.03. The van der Waals surface area contributed by atoms with Crippen LogP contribution in [0.5, 0.6) is 5.75 Å². The maximum absolute atomic E-state index is 13.1. The van der Waals surface area contributed by atoms with E-state index in [-0.39, 0.29) is 18.4 Å². The average Bonchev–Trinajstić information content (AvgIpc) is 2.96. The molecule has 32 heavy (non-hydrogen) atoms. The summed E-state index contributed by atoms with van der Waals surface area (Å²) in [5.74, 6) is -0.166. The largest absolute Gasteiger partial charge is 0.491 e. The summed E-state index contributed by atoms with van der Waals surface area (Å²) < 4.78 is 5.76. The van der Waals surface area contributed by atoms with Gasteiger partial charge in [-0.05, 0) is 35.7 Å². The number of hydrogen-bond donors (Lipinski definition) is 1. The van der Waals surface area contributed by atoms with Gasteiger partial charge in [0.15, 0.2) is 0 Å². The lowest BCUT2D eigenvalue weighted by Crippen LogP contribution is -2.44. The van der Waals surface area contributed by atoms with E-state index in [4.69, 9.17) is 9.57 Å². The predicted octanol–water partition coefficient (Wildman–Crippen LogP) is 1.57. The van der Waals surface area contributed by atoms with Gasteiger partial charge in [0.1, 0.15) is 12.4 Å². The number of ether oxygens (including phenoxy) is 1. The van der Waals surface area contributed by atoms with E-state index in [1.165, 1.54) is 25.3 Å². The summed E-state index contributed by atoms with van der Waals surface area (Å²) in [6.07, 6.45) is 0.300. The zero-order valence-electron chi connectivity index (χ0n) is 18.5. The molecule has 0 aromatic heterocycles. The second-order valence-corrected chi connectivity index (χ2v) is 8.20. The lowest BCUT2D eigenvalue weighted by atomic mass is 10.00. The monoisotopic (exact) mass is 439 g/mol. The molecular weight excluding hydrogens is 410 g/mol. The van der Waals surface area contributed by atoms with Gasteiger partial charge in [0, 0.05) is 38.8 Å². The number of β-amino-alcohol motifs (C(OH)–C–C–N with tert-alkyl or cyclic N) is 1. The first-order valence-electron chi connectivity index (χ1n) is 10.8. The topological polar surface area (TPSA) is 82.5 Å². The fourth-order valence-electron chi connectivity index (χ4n) is 4.25. The van der Waals surface area contributed by atoms with E-state index in [1.54, 1.807) is 23.1 Å². The zero-order valence-corrected chi connectivity index (χ0v) is 18.5. The van der Waals surface area contributed by atoms with E-state index >= 15 is 0 Å². The Morgan fingerprint density at radius 3 is 2.75 bits per heavy atom. The zero-order chi connectivity index (χ0) is 22.7. The second-order valence-electron chi connectivity index (χ2n) is 8.20. The quantitative estimate of drug-likeness (QED) is 0.689. The number of rotatable bonds is 6. The molecule has 1 N–H and O–H groups in total. The molecule has 0 saturated heterocycles. The molecule has 2 aliphatic rings. The summed E-state index contributed by atoms with van der Waals surface area (Å²) >= 11 is 0. The lowest BCUT2D eigenvalue weighted by molar-refractivity contribution is -0.0757. The molecule has 0 unspecified atom stereocenters. The van der Waals surface area contributed by atoms with Gasteiger partial charge in [0.2, 0.25) is 0 Å². The van der Waals surface area contributed by atoms with Crippen LogP contribution in [0.25, 0.3) is 0 Å². The van der Waals surface area contributed by atoms with Crippen LogP contribution in [0.15, 0.2) is 42.5 Å². The Hall–Kier alpha value is -2.94. The van der Waals surface area contributed by atoms with Crippen molar-refractivity contribution in [3.05, 3.63) is 64.7 Å². The number of nitrogens with zero attached hydrogens (tertiary/aromatic N) is 3. The van der Waals surface area contributed by atoms with Crippen molar-refractivity contribution in [2.75, 3.05) is 46.9 Å². The molecule has 2 heterocycles. The molecule has 170 valence electrons. The number of aliphatic hydroxyl groups is 1. The Kier molecular flexibility index (Phi) is 6.74. The summed E-state index contributed by atoms with van der Waals surface area (Å²) in [6, 6.07) is 13.1. The molecule has 8 heteroatoms. The summed E-state index contributed by atoms with van der Waals surface area (Å²) in [5, 5.41) is 11.8. The van der Waals surface area contributed by atoms with Crippen LogP contribution in [0.2, 0.25) is 0 Å². The van der Waals surface area contributed by atoms with E-state index in [1.807, 2.05) is 6.07 Å². The molecule has 4 rings (SSSR count). The number of amides is 2. The van der Waals surface area contributed by atoms with Gasteiger partial charge in [0.25, 0.3) is 11.8 Å². The minimum absolute atomic E-state index is 0.209. The van der Waals surface area contributed by atoms with Crippen molar-refractivity contribution in [1.29, 1.82) is 0 Å². The molecule has 0 spiro atoms. The number of benzene rings is 2. The van der Waals surface area contributed by atoms with Crippen LogP contribution in [-0.2, 0) is 17.8 Å². The van der Waals surface area contributed by atoms with Gasteiger partial charge in [-0.2, -0.15) is 0 Å². The summed E-state index contributed by atoms with van der Waals surface area (Å²) in [4.78, 5) is 34.2. The van der Waals surface area contributed by atoms with E-state index < -0.39 is 6.10 Å². The van der Waals surface area contributed by atoms with Gasteiger partial charge in [-0.1, -0.05) is 24.3 Å². The van der Waals surface area contributed by atoms with Crippen molar-refractivity contribution in [3.8, 4) is 5.75 Å². The molecule has 2 aromatic rings. The van der Waals surface area contributed by atoms with Crippen molar-refractivity contribution in [2.45, 2.75) is 19.1 Å². The minimum atomic E-state index is -0.665. The Balaban J connectivity index is 1.40. The number of hydroxylamine groups is 2. The van der Waals surface area contributed by atoms with Crippen molar-refractivity contribution in [1.82, 2.24) is 14.9 Å². The summed E-state index contributed by atoms with van der Waals surface area (Å²) in [5.41, 5.74) is 3.42. The van der Waals surface area contributed by atoms with Gasteiger partial charge >= 0.3 is 0 Å². The van der Waals surface area contributed by atoms with Gasteiger partial charge in [-0.3, -0.25) is 19.3 Å². The maximum Gasteiger partial charge on any atom is 0.277 e. The van der Waals surface area contributed by atoms with Gasteiger partial charge in [-0.15, -0.1) is 0 Å². The van der Waals surface area contributed by atoms with Crippen LogP contribution in [0.4, 0.5) is 0 Å². The van der Waals surface area contributed by atoms with Crippen LogP contribution in [0.3, 0.4) is 0 Å². The first-order chi connectivity index (χ1) is 15.5.